The zero-order valence-corrected chi connectivity index (χ0v) is 9.60. The molecule has 3 N–H and O–H groups in total. The molecule has 6 heteroatoms. The molecule has 0 bridgehead atoms. The minimum absolute atomic E-state index is 0.208. The van der Waals surface area contributed by atoms with Gasteiger partial charge in [-0.15, -0.1) is 0 Å². The summed E-state index contributed by atoms with van der Waals surface area (Å²) in [6, 6.07) is 1.61. The smallest absolute Gasteiger partial charge is 0.252 e. The first-order valence-electron chi connectivity index (χ1n) is 3.94. The number of rotatable bonds is 3. The Bertz CT molecular complexity index is 345. The minimum Gasteiger partial charge on any atom is -0.351 e. The zero-order valence-electron chi connectivity index (χ0n) is 7.26. The van der Waals surface area contributed by atoms with E-state index in [2.05, 4.69) is 26.2 Å². The van der Waals surface area contributed by atoms with Crippen molar-refractivity contribution in [1.29, 1.82) is 0 Å². The van der Waals surface area contributed by atoms with Crippen molar-refractivity contribution in [2.24, 2.45) is 5.73 Å². The summed E-state index contributed by atoms with van der Waals surface area (Å²) in [5.41, 5.74) is 5.70. The summed E-state index contributed by atoms with van der Waals surface area (Å²) in [5.74, 6) is -0.208. The molecule has 0 aliphatic carbocycles. The highest BCUT2D eigenvalue weighted by Gasteiger charge is 2.07. The first-order valence-corrected chi connectivity index (χ1v) is 5.11. The number of aromatic nitrogens is 1. The number of hydrogen-bond donors (Lipinski definition) is 2. The van der Waals surface area contributed by atoms with Gasteiger partial charge in [0.15, 0.2) is 0 Å². The van der Waals surface area contributed by atoms with E-state index in [0.29, 0.717) is 28.3 Å². The standard InChI is InChI=1S/C8H9BrClN3O/c9-6-3-5(4-13-7(6)10)8(14)12-2-1-11/h3-4H,1-2,11H2,(H,12,14). The molecule has 14 heavy (non-hydrogen) atoms. The lowest BCUT2D eigenvalue weighted by Gasteiger charge is -2.03. The van der Waals surface area contributed by atoms with Crippen LogP contribution >= 0.6 is 27.5 Å². The molecule has 1 amide bonds. The molecule has 0 saturated carbocycles. The molecule has 0 saturated heterocycles. The van der Waals surface area contributed by atoms with E-state index >= 15 is 0 Å². The maximum atomic E-state index is 11.4. The van der Waals surface area contributed by atoms with Gasteiger partial charge in [-0.1, -0.05) is 11.6 Å². The third-order valence-electron chi connectivity index (χ3n) is 1.49. The van der Waals surface area contributed by atoms with Crippen LogP contribution < -0.4 is 11.1 Å². The number of hydrogen-bond acceptors (Lipinski definition) is 3. The lowest BCUT2D eigenvalue weighted by molar-refractivity contribution is 0.0954. The van der Waals surface area contributed by atoms with Crippen molar-refractivity contribution in [3.05, 3.63) is 27.5 Å². The monoisotopic (exact) mass is 277 g/mol. The number of halogens is 2. The molecule has 0 atom stereocenters. The topological polar surface area (TPSA) is 68.0 Å². The molecule has 0 unspecified atom stereocenters. The van der Waals surface area contributed by atoms with Gasteiger partial charge in [0.25, 0.3) is 5.91 Å². The molecular weight excluding hydrogens is 269 g/mol. The van der Waals surface area contributed by atoms with Crippen molar-refractivity contribution >= 4 is 33.4 Å². The van der Waals surface area contributed by atoms with Crippen molar-refractivity contribution in [3.63, 3.8) is 0 Å². The summed E-state index contributed by atoms with van der Waals surface area (Å²) in [6.07, 6.45) is 1.42. The Balaban J connectivity index is 2.76. The summed E-state index contributed by atoms with van der Waals surface area (Å²) in [5, 5.41) is 2.96. The first-order chi connectivity index (χ1) is 6.65. The van der Waals surface area contributed by atoms with Crippen LogP contribution in [-0.4, -0.2) is 24.0 Å². The number of carbonyl (C=O) groups is 1. The van der Waals surface area contributed by atoms with Crippen molar-refractivity contribution in [2.75, 3.05) is 13.1 Å². The van der Waals surface area contributed by atoms with Gasteiger partial charge in [0.1, 0.15) is 5.15 Å². The first kappa shape index (κ1) is 11.4. The molecule has 76 valence electrons. The van der Waals surface area contributed by atoms with Crippen LogP contribution in [0.4, 0.5) is 0 Å². The normalized spacial score (nSPS) is 9.93. The number of nitrogens with zero attached hydrogens (tertiary/aromatic N) is 1. The van der Waals surface area contributed by atoms with E-state index in [-0.39, 0.29) is 5.91 Å². The van der Waals surface area contributed by atoms with Gasteiger partial charge in [-0.05, 0) is 22.0 Å². The van der Waals surface area contributed by atoms with E-state index in [1.807, 2.05) is 0 Å². The van der Waals surface area contributed by atoms with Gasteiger partial charge in [-0.25, -0.2) is 4.98 Å². The average Bonchev–Trinajstić information content (AvgIpc) is 2.18. The Hall–Kier alpha value is -0.650. The van der Waals surface area contributed by atoms with Crippen LogP contribution in [0.25, 0.3) is 0 Å². The highest BCUT2D eigenvalue weighted by Crippen LogP contribution is 2.20. The van der Waals surface area contributed by atoms with E-state index in [0.717, 1.165) is 0 Å². The van der Waals surface area contributed by atoms with E-state index in [4.69, 9.17) is 17.3 Å². The number of nitrogens with one attached hydrogen (secondary N) is 1. The van der Waals surface area contributed by atoms with Gasteiger partial charge in [0.05, 0.1) is 10.0 Å². The van der Waals surface area contributed by atoms with E-state index < -0.39 is 0 Å². The molecule has 0 radical (unpaired) electrons. The third kappa shape index (κ3) is 2.94. The second-order valence-electron chi connectivity index (χ2n) is 2.54. The van der Waals surface area contributed by atoms with Crippen molar-refractivity contribution < 1.29 is 4.79 Å². The summed E-state index contributed by atoms with van der Waals surface area (Å²) in [7, 11) is 0. The molecule has 1 heterocycles. The molecule has 4 nitrogen and oxygen atoms in total. The quantitative estimate of drug-likeness (QED) is 0.816. The van der Waals surface area contributed by atoms with Crippen molar-refractivity contribution in [2.45, 2.75) is 0 Å². The number of amides is 1. The highest BCUT2D eigenvalue weighted by molar-refractivity contribution is 9.10. The molecule has 0 fully saturated rings. The Morgan fingerprint density at radius 1 is 1.71 bits per heavy atom. The van der Waals surface area contributed by atoms with Crippen molar-refractivity contribution in [1.82, 2.24) is 10.3 Å². The second-order valence-corrected chi connectivity index (χ2v) is 3.75. The predicted octanol–water partition coefficient (Wildman–Crippen LogP) is 1.19. The van der Waals surface area contributed by atoms with Gasteiger partial charge in [0, 0.05) is 19.3 Å². The highest BCUT2D eigenvalue weighted by atomic mass is 79.9. The summed E-state index contributed by atoms with van der Waals surface area (Å²) >= 11 is 8.86. The van der Waals surface area contributed by atoms with Crippen LogP contribution in [0.3, 0.4) is 0 Å². The minimum atomic E-state index is -0.208. The van der Waals surface area contributed by atoms with Gasteiger partial charge in [0.2, 0.25) is 0 Å². The number of nitrogens with two attached hydrogens (primary N) is 1. The van der Waals surface area contributed by atoms with Crippen LogP contribution in [0.1, 0.15) is 10.4 Å². The number of pyridine rings is 1. The van der Waals surface area contributed by atoms with Crippen molar-refractivity contribution in [3.8, 4) is 0 Å². The molecular formula is C8H9BrClN3O. The Morgan fingerprint density at radius 2 is 2.43 bits per heavy atom. The molecule has 1 aromatic heterocycles. The molecule has 0 aliphatic heterocycles. The van der Waals surface area contributed by atoms with Crippen LogP contribution in [0, 0.1) is 0 Å². The van der Waals surface area contributed by atoms with Crippen LogP contribution in [0.2, 0.25) is 5.15 Å². The maximum Gasteiger partial charge on any atom is 0.252 e. The fraction of sp³-hybridized carbons (Fsp3) is 0.250. The van der Waals surface area contributed by atoms with Crippen LogP contribution in [0.15, 0.2) is 16.7 Å². The predicted molar refractivity (Wildman–Crippen MR) is 58.3 cm³/mol. The van der Waals surface area contributed by atoms with E-state index in [9.17, 15) is 4.79 Å². The SMILES string of the molecule is NCCNC(=O)c1cnc(Cl)c(Br)c1. The van der Waals surface area contributed by atoms with E-state index in [1.54, 1.807) is 6.07 Å². The molecule has 0 spiro atoms. The third-order valence-corrected chi connectivity index (χ3v) is 2.62. The average molecular weight is 279 g/mol. The van der Waals surface area contributed by atoms with E-state index in [1.165, 1.54) is 6.20 Å². The van der Waals surface area contributed by atoms with Gasteiger partial charge in [-0.3, -0.25) is 4.79 Å². The fourth-order valence-electron chi connectivity index (χ4n) is 0.833. The molecule has 1 aromatic rings. The summed E-state index contributed by atoms with van der Waals surface area (Å²) in [4.78, 5) is 15.2. The second kappa shape index (κ2) is 5.29. The van der Waals surface area contributed by atoms with Crippen LogP contribution in [0.5, 0.6) is 0 Å². The maximum absolute atomic E-state index is 11.4. The van der Waals surface area contributed by atoms with Crippen LogP contribution in [-0.2, 0) is 0 Å². The Labute approximate surface area is 95.0 Å². The largest absolute Gasteiger partial charge is 0.351 e. The molecule has 1 rings (SSSR count). The van der Waals surface area contributed by atoms with Gasteiger partial charge < -0.3 is 11.1 Å². The fourth-order valence-corrected chi connectivity index (χ4v) is 1.29. The Morgan fingerprint density at radius 3 is 3.00 bits per heavy atom. The summed E-state index contributed by atoms with van der Waals surface area (Å²) in [6.45, 7) is 0.854. The summed E-state index contributed by atoms with van der Waals surface area (Å²) < 4.78 is 0.597. The lowest BCUT2D eigenvalue weighted by atomic mass is 10.3. The van der Waals surface area contributed by atoms with Gasteiger partial charge in [-0.2, -0.15) is 0 Å². The van der Waals surface area contributed by atoms with Gasteiger partial charge >= 0.3 is 0 Å². The number of carbonyl (C=O) groups excluding carboxylic acids is 1. The lowest BCUT2D eigenvalue weighted by Crippen LogP contribution is -2.29. The Kier molecular flexibility index (Phi) is 4.31. The molecule has 0 aliphatic rings. The zero-order chi connectivity index (χ0) is 10.6. The molecule has 0 aromatic carbocycles.